The van der Waals surface area contributed by atoms with Gasteiger partial charge in [0.2, 0.25) is 0 Å². The molecule has 0 aliphatic carbocycles. The van der Waals surface area contributed by atoms with Crippen LogP contribution in [0.5, 0.6) is 0 Å². The van der Waals surface area contributed by atoms with E-state index < -0.39 is 0 Å². The number of rotatable bonds is 4. The van der Waals surface area contributed by atoms with Gasteiger partial charge in [-0.1, -0.05) is 39.9 Å². The molecule has 1 aliphatic rings. The SMILES string of the molecule is COCc1cccc(C2=C(CBr)C=C=C(C)O2)c1. The summed E-state index contributed by atoms with van der Waals surface area (Å²) in [6, 6.07) is 8.20. The van der Waals surface area contributed by atoms with E-state index in [0.717, 1.165) is 33.5 Å². The fraction of sp³-hybridized carbons (Fsp3) is 0.267. The van der Waals surface area contributed by atoms with Crippen LogP contribution in [0, 0.1) is 0 Å². The van der Waals surface area contributed by atoms with Crippen LogP contribution in [0.25, 0.3) is 5.76 Å². The van der Waals surface area contributed by atoms with Gasteiger partial charge in [-0.15, -0.1) is 0 Å². The second-order valence-corrected chi connectivity index (χ2v) is 4.63. The second kappa shape index (κ2) is 6.05. The normalized spacial score (nSPS) is 14.5. The predicted molar refractivity (Wildman–Crippen MR) is 76.2 cm³/mol. The van der Waals surface area contributed by atoms with Gasteiger partial charge in [-0.05, 0) is 17.7 Å². The highest BCUT2D eigenvalue weighted by atomic mass is 79.9. The molecule has 0 amide bonds. The first-order chi connectivity index (χ1) is 8.74. The van der Waals surface area contributed by atoms with Crippen molar-refractivity contribution in [2.24, 2.45) is 0 Å². The monoisotopic (exact) mass is 306 g/mol. The zero-order valence-corrected chi connectivity index (χ0v) is 12.1. The van der Waals surface area contributed by atoms with Crippen LogP contribution in [0.2, 0.25) is 0 Å². The third-order valence-corrected chi connectivity index (χ3v) is 3.24. The van der Waals surface area contributed by atoms with E-state index >= 15 is 0 Å². The molecule has 0 N–H and O–H groups in total. The van der Waals surface area contributed by atoms with Crippen molar-refractivity contribution in [2.45, 2.75) is 13.5 Å². The number of ether oxygens (including phenoxy) is 2. The number of hydrogen-bond acceptors (Lipinski definition) is 2. The van der Waals surface area contributed by atoms with E-state index in [1.807, 2.05) is 31.2 Å². The Bertz CT molecular complexity index is 537. The summed E-state index contributed by atoms with van der Waals surface area (Å²) in [5.41, 5.74) is 6.37. The maximum Gasteiger partial charge on any atom is 0.143 e. The second-order valence-electron chi connectivity index (χ2n) is 4.07. The first-order valence-corrected chi connectivity index (χ1v) is 6.85. The van der Waals surface area contributed by atoms with Crippen LogP contribution >= 0.6 is 15.9 Å². The molecule has 18 heavy (non-hydrogen) atoms. The molecular formula is C15H15BrO2. The Kier molecular flexibility index (Phi) is 4.43. The lowest BCUT2D eigenvalue weighted by Gasteiger charge is -2.16. The number of allylic oxidation sites excluding steroid dienone is 2. The minimum atomic E-state index is 0.607. The summed E-state index contributed by atoms with van der Waals surface area (Å²) in [6.45, 7) is 2.51. The van der Waals surface area contributed by atoms with Crippen molar-refractivity contribution >= 4 is 21.7 Å². The van der Waals surface area contributed by atoms with Gasteiger partial charge >= 0.3 is 0 Å². The molecule has 2 nitrogen and oxygen atoms in total. The summed E-state index contributed by atoms with van der Waals surface area (Å²) in [5, 5.41) is 0.747. The van der Waals surface area contributed by atoms with Gasteiger partial charge in [0.15, 0.2) is 0 Å². The van der Waals surface area contributed by atoms with E-state index in [-0.39, 0.29) is 0 Å². The Labute approximate surface area is 116 Å². The topological polar surface area (TPSA) is 18.5 Å². The van der Waals surface area contributed by atoms with Crippen LogP contribution in [0.1, 0.15) is 18.1 Å². The third-order valence-electron chi connectivity index (χ3n) is 2.64. The molecule has 0 bridgehead atoms. The largest absolute Gasteiger partial charge is 0.453 e. The molecule has 2 rings (SSSR count). The van der Waals surface area contributed by atoms with E-state index in [0.29, 0.717) is 6.61 Å². The molecule has 1 aromatic rings. The zero-order chi connectivity index (χ0) is 13.0. The average Bonchev–Trinajstić information content (AvgIpc) is 2.39. The van der Waals surface area contributed by atoms with Crippen LogP contribution in [0.15, 0.2) is 47.4 Å². The standard InChI is InChI=1S/C15H15BrO2/c1-11-6-7-14(9-16)15(18-11)13-5-3-4-12(8-13)10-17-2/h3-5,7-8H,9-10H2,1-2H3. The quantitative estimate of drug-likeness (QED) is 0.618. The fourth-order valence-electron chi connectivity index (χ4n) is 1.81. The maximum atomic E-state index is 5.79. The van der Waals surface area contributed by atoms with Crippen molar-refractivity contribution in [1.82, 2.24) is 0 Å². The van der Waals surface area contributed by atoms with Gasteiger partial charge in [-0.25, -0.2) is 0 Å². The van der Waals surface area contributed by atoms with Gasteiger partial charge < -0.3 is 9.47 Å². The number of hydrogen-bond donors (Lipinski definition) is 0. The molecule has 0 fully saturated rings. The van der Waals surface area contributed by atoms with E-state index in [1.165, 1.54) is 0 Å². The number of benzene rings is 1. The van der Waals surface area contributed by atoms with Crippen LogP contribution < -0.4 is 0 Å². The minimum Gasteiger partial charge on any atom is -0.453 e. The number of alkyl halides is 1. The van der Waals surface area contributed by atoms with Gasteiger partial charge in [-0.3, -0.25) is 0 Å². The van der Waals surface area contributed by atoms with Crippen molar-refractivity contribution in [1.29, 1.82) is 0 Å². The molecule has 0 saturated carbocycles. The van der Waals surface area contributed by atoms with Crippen molar-refractivity contribution in [3.05, 3.63) is 58.5 Å². The van der Waals surface area contributed by atoms with Crippen LogP contribution in [-0.4, -0.2) is 12.4 Å². The molecule has 3 heteroatoms. The summed E-state index contributed by atoms with van der Waals surface area (Å²) < 4.78 is 10.9. The van der Waals surface area contributed by atoms with E-state index in [2.05, 4.69) is 27.7 Å². The first-order valence-electron chi connectivity index (χ1n) is 5.73. The van der Waals surface area contributed by atoms with E-state index in [1.54, 1.807) is 7.11 Å². The first kappa shape index (κ1) is 13.2. The lowest BCUT2D eigenvalue weighted by molar-refractivity contribution is 0.185. The van der Waals surface area contributed by atoms with Gasteiger partial charge in [0.25, 0.3) is 0 Å². The molecule has 0 aromatic heterocycles. The molecule has 1 heterocycles. The molecule has 1 aromatic carbocycles. The van der Waals surface area contributed by atoms with E-state index in [9.17, 15) is 0 Å². The van der Waals surface area contributed by atoms with Crippen molar-refractivity contribution in [3.63, 3.8) is 0 Å². The van der Waals surface area contributed by atoms with Crippen LogP contribution in [0.3, 0.4) is 0 Å². The van der Waals surface area contributed by atoms with Crippen molar-refractivity contribution in [3.8, 4) is 0 Å². The number of halogens is 1. The predicted octanol–water partition coefficient (Wildman–Crippen LogP) is 4.03. The van der Waals surface area contributed by atoms with Crippen molar-refractivity contribution in [2.75, 3.05) is 12.4 Å². The Hall–Kier alpha value is -1.28. The minimum absolute atomic E-state index is 0.607. The fourth-order valence-corrected chi connectivity index (χ4v) is 2.23. The molecule has 0 radical (unpaired) electrons. The molecule has 0 unspecified atom stereocenters. The summed E-state index contributed by atoms with van der Waals surface area (Å²) >= 11 is 3.47. The summed E-state index contributed by atoms with van der Waals surface area (Å²) in [6.07, 6.45) is 1.96. The highest BCUT2D eigenvalue weighted by Gasteiger charge is 2.13. The van der Waals surface area contributed by atoms with Gasteiger partial charge in [0.1, 0.15) is 11.5 Å². The molecule has 0 spiro atoms. The van der Waals surface area contributed by atoms with Crippen LogP contribution in [0.4, 0.5) is 0 Å². The van der Waals surface area contributed by atoms with Crippen LogP contribution in [-0.2, 0) is 16.1 Å². The third kappa shape index (κ3) is 2.94. The maximum absolute atomic E-state index is 5.79. The molecular weight excluding hydrogens is 292 g/mol. The average molecular weight is 307 g/mol. The van der Waals surface area contributed by atoms with Gasteiger partial charge in [-0.2, -0.15) is 0 Å². The molecule has 0 saturated heterocycles. The lowest BCUT2D eigenvalue weighted by atomic mass is 10.1. The Balaban J connectivity index is 2.39. The number of methoxy groups -OCH3 is 1. The molecule has 0 atom stereocenters. The highest BCUT2D eigenvalue weighted by Crippen LogP contribution is 2.28. The summed E-state index contributed by atoms with van der Waals surface area (Å²) in [5.74, 6) is 1.67. The molecule has 1 aliphatic heterocycles. The summed E-state index contributed by atoms with van der Waals surface area (Å²) in [4.78, 5) is 0. The Morgan fingerprint density at radius 2 is 2.22 bits per heavy atom. The lowest BCUT2D eigenvalue weighted by Crippen LogP contribution is -2.00. The van der Waals surface area contributed by atoms with Gasteiger partial charge in [0, 0.05) is 30.5 Å². The Morgan fingerprint density at radius 1 is 1.39 bits per heavy atom. The van der Waals surface area contributed by atoms with Gasteiger partial charge in [0.05, 0.1) is 6.61 Å². The molecule has 94 valence electrons. The van der Waals surface area contributed by atoms with Crippen molar-refractivity contribution < 1.29 is 9.47 Å². The Morgan fingerprint density at radius 3 is 2.94 bits per heavy atom. The van der Waals surface area contributed by atoms with E-state index in [4.69, 9.17) is 9.47 Å². The smallest absolute Gasteiger partial charge is 0.143 e. The highest BCUT2D eigenvalue weighted by molar-refractivity contribution is 9.09. The summed E-state index contributed by atoms with van der Waals surface area (Å²) in [7, 11) is 1.70. The zero-order valence-electron chi connectivity index (χ0n) is 10.5.